The number of aromatic amines is 1. The average molecular weight is 289 g/mol. The van der Waals surface area contributed by atoms with E-state index in [1.54, 1.807) is 13.4 Å². The Balaban J connectivity index is 1.89. The fourth-order valence-electron chi connectivity index (χ4n) is 2.35. The summed E-state index contributed by atoms with van der Waals surface area (Å²) in [5.41, 5.74) is 0.979. The van der Waals surface area contributed by atoms with Gasteiger partial charge in [0.15, 0.2) is 17.5 Å². The van der Waals surface area contributed by atoms with Crippen LogP contribution in [0.5, 0.6) is 5.75 Å². The summed E-state index contributed by atoms with van der Waals surface area (Å²) >= 11 is 0. The first-order valence-electron chi connectivity index (χ1n) is 6.91. The van der Waals surface area contributed by atoms with Crippen LogP contribution in [0.25, 0.3) is 0 Å². The summed E-state index contributed by atoms with van der Waals surface area (Å²) in [5.74, 6) is 2.77. The van der Waals surface area contributed by atoms with E-state index >= 15 is 0 Å². The predicted octanol–water partition coefficient (Wildman–Crippen LogP) is 0.670. The van der Waals surface area contributed by atoms with Crippen LogP contribution >= 0.6 is 0 Å². The van der Waals surface area contributed by atoms with Crippen molar-refractivity contribution in [2.24, 2.45) is 0 Å². The van der Waals surface area contributed by atoms with Crippen molar-refractivity contribution in [1.29, 1.82) is 0 Å². The number of hydrogen-bond donors (Lipinski definition) is 3. The van der Waals surface area contributed by atoms with Crippen LogP contribution in [0, 0.1) is 6.92 Å². The van der Waals surface area contributed by atoms with Gasteiger partial charge in [0.05, 0.1) is 7.11 Å². The van der Waals surface area contributed by atoms with Crippen molar-refractivity contribution in [3.63, 3.8) is 0 Å². The molecular weight excluding hydrogens is 270 g/mol. The monoisotopic (exact) mass is 289 g/mol. The smallest absolute Gasteiger partial charge is 0.204 e. The highest BCUT2D eigenvalue weighted by Crippen LogP contribution is 2.33. The van der Waals surface area contributed by atoms with Gasteiger partial charge in [-0.05, 0) is 6.92 Å². The molecule has 3 heterocycles. The van der Waals surface area contributed by atoms with E-state index in [-0.39, 0.29) is 0 Å². The van der Waals surface area contributed by atoms with Gasteiger partial charge >= 0.3 is 0 Å². The van der Waals surface area contributed by atoms with Gasteiger partial charge in [-0.2, -0.15) is 5.10 Å². The molecule has 0 saturated carbocycles. The van der Waals surface area contributed by atoms with Crippen molar-refractivity contribution < 1.29 is 4.74 Å². The van der Waals surface area contributed by atoms with E-state index in [0.717, 1.165) is 37.7 Å². The van der Waals surface area contributed by atoms with Gasteiger partial charge < -0.3 is 20.3 Å². The summed E-state index contributed by atoms with van der Waals surface area (Å²) < 4.78 is 5.52. The number of nitrogens with zero attached hydrogens (tertiary/aromatic N) is 4. The molecule has 0 atom stereocenters. The Morgan fingerprint density at radius 2 is 2.10 bits per heavy atom. The molecule has 8 heteroatoms. The number of aryl methyl sites for hydroxylation is 1. The lowest BCUT2D eigenvalue weighted by Crippen LogP contribution is -2.44. The minimum absolute atomic E-state index is 0.618. The van der Waals surface area contributed by atoms with E-state index in [4.69, 9.17) is 4.74 Å². The molecule has 0 unspecified atom stereocenters. The molecule has 0 amide bonds. The number of ether oxygens (including phenoxy) is 1. The Morgan fingerprint density at radius 3 is 2.76 bits per heavy atom. The zero-order valence-electron chi connectivity index (χ0n) is 12.2. The van der Waals surface area contributed by atoms with Gasteiger partial charge in [0, 0.05) is 37.9 Å². The lowest BCUT2D eigenvalue weighted by molar-refractivity contribution is 0.411. The molecule has 3 N–H and O–H groups in total. The van der Waals surface area contributed by atoms with Crippen molar-refractivity contribution in [3.05, 3.63) is 18.1 Å². The van der Waals surface area contributed by atoms with Gasteiger partial charge in [-0.1, -0.05) is 0 Å². The maximum Gasteiger partial charge on any atom is 0.204 e. The number of hydrogen-bond acceptors (Lipinski definition) is 7. The molecule has 0 spiro atoms. The minimum atomic E-state index is 0.618. The van der Waals surface area contributed by atoms with Crippen LogP contribution in [-0.4, -0.2) is 53.5 Å². The van der Waals surface area contributed by atoms with E-state index in [1.165, 1.54) is 0 Å². The van der Waals surface area contributed by atoms with Gasteiger partial charge in [-0.25, -0.2) is 9.97 Å². The second kappa shape index (κ2) is 5.96. The largest absolute Gasteiger partial charge is 0.490 e. The highest BCUT2D eigenvalue weighted by atomic mass is 16.5. The van der Waals surface area contributed by atoms with Gasteiger partial charge in [0.1, 0.15) is 6.33 Å². The number of methoxy groups -OCH3 is 1. The highest BCUT2D eigenvalue weighted by Gasteiger charge is 2.20. The van der Waals surface area contributed by atoms with Crippen LogP contribution in [0.2, 0.25) is 0 Å². The lowest BCUT2D eigenvalue weighted by atomic mass is 10.3. The minimum Gasteiger partial charge on any atom is -0.490 e. The van der Waals surface area contributed by atoms with Crippen LogP contribution in [0.15, 0.2) is 12.4 Å². The molecule has 8 nitrogen and oxygen atoms in total. The normalized spacial score (nSPS) is 15.0. The van der Waals surface area contributed by atoms with Crippen LogP contribution in [-0.2, 0) is 0 Å². The van der Waals surface area contributed by atoms with Crippen LogP contribution in [0.1, 0.15) is 5.69 Å². The van der Waals surface area contributed by atoms with Gasteiger partial charge in [0.2, 0.25) is 5.75 Å². The standard InChI is InChI=1S/C13H19N7O/c1-9-7-10(19-18-9)17-12-11(21-2)13(16-8-15-12)20-5-3-14-4-6-20/h7-8,14H,3-6H2,1-2H3,(H2,15,16,17,18,19). The summed E-state index contributed by atoms with van der Waals surface area (Å²) in [7, 11) is 1.63. The molecule has 0 aromatic carbocycles. The number of piperazine rings is 1. The molecule has 0 bridgehead atoms. The first-order valence-corrected chi connectivity index (χ1v) is 6.91. The zero-order valence-corrected chi connectivity index (χ0v) is 12.2. The molecule has 0 radical (unpaired) electrons. The van der Waals surface area contributed by atoms with Crippen molar-refractivity contribution in [2.75, 3.05) is 43.5 Å². The molecule has 3 rings (SSSR count). The SMILES string of the molecule is COc1c(Nc2cc(C)[nH]n2)ncnc1N1CCNCC1. The van der Waals surface area contributed by atoms with Gasteiger partial charge in [-0.15, -0.1) is 0 Å². The maximum atomic E-state index is 5.52. The van der Waals surface area contributed by atoms with Crippen molar-refractivity contribution in [1.82, 2.24) is 25.5 Å². The maximum absolute atomic E-state index is 5.52. The van der Waals surface area contributed by atoms with E-state index in [1.807, 2.05) is 13.0 Å². The molecule has 1 aliphatic rings. The van der Waals surface area contributed by atoms with Crippen LogP contribution < -0.4 is 20.3 Å². The summed E-state index contributed by atoms with van der Waals surface area (Å²) in [6.07, 6.45) is 1.54. The summed E-state index contributed by atoms with van der Waals surface area (Å²) in [5, 5.41) is 13.5. The Hall–Kier alpha value is -2.35. The quantitative estimate of drug-likeness (QED) is 0.762. The average Bonchev–Trinajstić information content (AvgIpc) is 2.93. The Labute approximate surface area is 122 Å². The molecular formula is C13H19N7O. The Bertz CT molecular complexity index is 606. The summed E-state index contributed by atoms with van der Waals surface area (Å²) in [6.45, 7) is 5.62. The molecule has 2 aromatic heterocycles. The number of anilines is 3. The van der Waals surface area contributed by atoms with Crippen LogP contribution in [0.4, 0.5) is 17.5 Å². The number of aromatic nitrogens is 4. The topological polar surface area (TPSA) is 91.0 Å². The fraction of sp³-hybridized carbons (Fsp3) is 0.462. The van der Waals surface area contributed by atoms with E-state index in [9.17, 15) is 0 Å². The summed E-state index contributed by atoms with van der Waals surface area (Å²) in [4.78, 5) is 10.8. The van der Waals surface area contributed by atoms with Crippen molar-refractivity contribution in [3.8, 4) is 5.75 Å². The molecule has 2 aromatic rings. The molecule has 1 saturated heterocycles. The molecule has 112 valence electrons. The second-order valence-corrected chi connectivity index (χ2v) is 4.88. The third-order valence-electron chi connectivity index (χ3n) is 3.36. The molecule has 0 aliphatic carbocycles. The molecule has 1 fully saturated rings. The predicted molar refractivity (Wildman–Crippen MR) is 80.3 cm³/mol. The molecule has 21 heavy (non-hydrogen) atoms. The lowest BCUT2D eigenvalue weighted by Gasteiger charge is -2.29. The second-order valence-electron chi connectivity index (χ2n) is 4.88. The van der Waals surface area contributed by atoms with Crippen molar-refractivity contribution >= 4 is 17.5 Å². The highest BCUT2D eigenvalue weighted by molar-refractivity contribution is 5.68. The van der Waals surface area contributed by atoms with E-state index in [2.05, 4.69) is 35.7 Å². The van der Waals surface area contributed by atoms with E-state index in [0.29, 0.717) is 17.4 Å². The zero-order chi connectivity index (χ0) is 14.7. The third-order valence-corrected chi connectivity index (χ3v) is 3.36. The summed E-state index contributed by atoms with van der Waals surface area (Å²) in [6, 6.07) is 1.91. The van der Waals surface area contributed by atoms with E-state index < -0.39 is 0 Å². The third kappa shape index (κ3) is 2.89. The van der Waals surface area contributed by atoms with Crippen molar-refractivity contribution in [2.45, 2.75) is 6.92 Å². The van der Waals surface area contributed by atoms with Crippen LogP contribution in [0.3, 0.4) is 0 Å². The van der Waals surface area contributed by atoms with Gasteiger partial charge in [0.25, 0.3) is 0 Å². The number of nitrogens with one attached hydrogen (secondary N) is 3. The Morgan fingerprint density at radius 1 is 1.29 bits per heavy atom. The van der Waals surface area contributed by atoms with Gasteiger partial charge in [-0.3, -0.25) is 5.10 Å². The molecule has 1 aliphatic heterocycles. The first kappa shape index (κ1) is 13.6. The first-order chi connectivity index (χ1) is 10.3. The Kier molecular flexibility index (Phi) is 3.87. The number of rotatable bonds is 4. The fourth-order valence-corrected chi connectivity index (χ4v) is 2.35. The number of H-pyrrole nitrogens is 1.